The summed E-state index contributed by atoms with van der Waals surface area (Å²) in [6.45, 7) is 2.26. The number of halogens is 1. The highest BCUT2D eigenvalue weighted by Gasteiger charge is 2.24. The molecular formula is C15H17ClN2O5. The largest absolute Gasteiger partial charge is 0.452 e. The lowest BCUT2D eigenvalue weighted by molar-refractivity contribution is -0.384. The first-order chi connectivity index (χ1) is 10.9. The quantitative estimate of drug-likeness (QED) is 0.477. The summed E-state index contributed by atoms with van der Waals surface area (Å²) < 4.78 is 4.99. The molecule has 1 heterocycles. The molecule has 7 nitrogen and oxygen atoms in total. The van der Waals surface area contributed by atoms with Gasteiger partial charge in [-0.15, -0.1) is 0 Å². The van der Waals surface area contributed by atoms with Gasteiger partial charge < -0.3 is 9.64 Å². The van der Waals surface area contributed by atoms with Crippen LogP contribution in [-0.2, 0) is 9.53 Å². The van der Waals surface area contributed by atoms with E-state index in [4.69, 9.17) is 16.3 Å². The maximum absolute atomic E-state index is 12.1. The number of hydrogen-bond acceptors (Lipinski definition) is 5. The number of amides is 1. The molecule has 2 rings (SSSR count). The molecule has 1 amide bonds. The minimum Gasteiger partial charge on any atom is -0.452 e. The van der Waals surface area contributed by atoms with E-state index < -0.39 is 10.9 Å². The van der Waals surface area contributed by atoms with Gasteiger partial charge in [0, 0.05) is 24.7 Å². The van der Waals surface area contributed by atoms with Gasteiger partial charge in [-0.2, -0.15) is 0 Å². The number of hydrogen-bond donors (Lipinski definition) is 0. The first-order valence-electron chi connectivity index (χ1n) is 7.30. The Balaban J connectivity index is 1.97. The third-order valence-corrected chi connectivity index (χ3v) is 4.15. The van der Waals surface area contributed by atoms with Crippen LogP contribution in [0.2, 0.25) is 5.02 Å². The standard InChI is InChI=1S/C15H17ClN2O5/c1-10-4-2-3-7-17(10)14(19)9-23-15(20)12-6-5-11(18(21)22)8-13(12)16/h5-6,8,10H,2-4,7,9H2,1H3/t10-/m1/s1. The van der Waals surface area contributed by atoms with E-state index in [0.717, 1.165) is 31.4 Å². The highest BCUT2D eigenvalue weighted by molar-refractivity contribution is 6.33. The van der Waals surface area contributed by atoms with Crippen LogP contribution in [-0.4, -0.2) is 40.9 Å². The summed E-state index contributed by atoms with van der Waals surface area (Å²) in [5.74, 6) is -1.02. The van der Waals surface area contributed by atoms with Gasteiger partial charge in [0.05, 0.1) is 15.5 Å². The monoisotopic (exact) mass is 340 g/mol. The van der Waals surface area contributed by atoms with Crippen LogP contribution >= 0.6 is 11.6 Å². The van der Waals surface area contributed by atoms with Crippen molar-refractivity contribution in [1.29, 1.82) is 0 Å². The Labute approximate surface area is 138 Å². The number of likely N-dealkylation sites (tertiary alicyclic amines) is 1. The molecule has 1 aliphatic heterocycles. The SMILES string of the molecule is C[C@@H]1CCCCN1C(=O)COC(=O)c1ccc([N+](=O)[O-])cc1Cl. The van der Waals surface area contributed by atoms with Crippen LogP contribution in [0.25, 0.3) is 0 Å². The van der Waals surface area contributed by atoms with E-state index >= 15 is 0 Å². The molecule has 0 aliphatic carbocycles. The molecule has 23 heavy (non-hydrogen) atoms. The molecule has 0 bridgehead atoms. The van der Waals surface area contributed by atoms with Gasteiger partial charge in [0.15, 0.2) is 6.61 Å². The minimum atomic E-state index is -0.775. The second kappa shape index (κ2) is 7.41. The van der Waals surface area contributed by atoms with E-state index in [0.29, 0.717) is 6.54 Å². The van der Waals surface area contributed by atoms with E-state index in [1.807, 2.05) is 6.92 Å². The number of ether oxygens (including phenoxy) is 1. The third kappa shape index (κ3) is 4.19. The van der Waals surface area contributed by atoms with Crippen LogP contribution in [0.15, 0.2) is 18.2 Å². The van der Waals surface area contributed by atoms with Gasteiger partial charge in [-0.3, -0.25) is 14.9 Å². The van der Waals surface area contributed by atoms with Gasteiger partial charge in [-0.25, -0.2) is 4.79 Å². The molecule has 1 aromatic carbocycles. The second-order valence-corrected chi connectivity index (χ2v) is 5.84. The highest BCUT2D eigenvalue weighted by atomic mass is 35.5. The number of carbonyl (C=O) groups excluding carboxylic acids is 2. The number of nitro benzene ring substituents is 1. The molecule has 1 fully saturated rings. The molecular weight excluding hydrogens is 324 g/mol. The number of rotatable bonds is 4. The Morgan fingerprint density at radius 1 is 1.43 bits per heavy atom. The zero-order valence-corrected chi connectivity index (χ0v) is 13.4. The number of benzene rings is 1. The smallest absolute Gasteiger partial charge is 0.340 e. The fraction of sp³-hybridized carbons (Fsp3) is 0.467. The molecule has 0 radical (unpaired) electrons. The zero-order chi connectivity index (χ0) is 17.0. The third-order valence-electron chi connectivity index (χ3n) is 3.83. The zero-order valence-electron chi connectivity index (χ0n) is 12.7. The van der Waals surface area contributed by atoms with Gasteiger partial charge in [0.25, 0.3) is 11.6 Å². The Kier molecular flexibility index (Phi) is 5.54. The fourth-order valence-corrected chi connectivity index (χ4v) is 2.79. The lowest BCUT2D eigenvalue weighted by atomic mass is 10.0. The number of nitro groups is 1. The molecule has 0 saturated carbocycles. The van der Waals surface area contributed by atoms with Crippen LogP contribution in [0, 0.1) is 10.1 Å². The van der Waals surface area contributed by atoms with Crippen molar-refractivity contribution in [2.45, 2.75) is 32.2 Å². The fourth-order valence-electron chi connectivity index (χ4n) is 2.54. The normalized spacial score (nSPS) is 17.7. The Morgan fingerprint density at radius 3 is 2.78 bits per heavy atom. The molecule has 1 aromatic rings. The topological polar surface area (TPSA) is 89.8 Å². The average Bonchev–Trinajstić information content (AvgIpc) is 2.52. The predicted molar refractivity (Wildman–Crippen MR) is 83.4 cm³/mol. The number of nitrogens with zero attached hydrogens (tertiary/aromatic N) is 2. The van der Waals surface area contributed by atoms with E-state index in [2.05, 4.69) is 0 Å². The van der Waals surface area contributed by atoms with Crippen molar-refractivity contribution in [3.8, 4) is 0 Å². The van der Waals surface area contributed by atoms with Crippen molar-refractivity contribution in [2.24, 2.45) is 0 Å². The van der Waals surface area contributed by atoms with E-state index in [9.17, 15) is 19.7 Å². The van der Waals surface area contributed by atoms with Crippen molar-refractivity contribution in [2.75, 3.05) is 13.2 Å². The molecule has 0 aromatic heterocycles. The van der Waals surface area contributed by atoms with Crippen molar-refractivity contribution in [3.05, 3.63) is 38.9 Å². The summed E-state index contributed by atoms with van der Waals surface area (Å²) in [6, 6.07) is 3.60. The number of esters is 1. The van der Waals surface area contributed by atoms with Gasteiger partial charge in [0.2, 0.25) is 0 Å². The molecule has 124 valence electrons. The Morgan fingerprint density at radius 2 is 2.17 bits per heavy atom. The Hall–Kier alpha value is -2.15. The predicted octanol–water partition coefficient (Wildman–Crippen LogP) is 2.81. The molecule has 1 atom stereocenters. The number of piperidine rings is 1. The van der Waals surface area contributed by atoms with Crippen molar-refractivity contribution in [1.82, 2.24) is 4.90 Å². The van der Waals surface area contributed by atoms with Crippen LogP contribution in [0.1, 0.15) is 36.5 Å². The average molecular weight is 341 g/mol. The van der Waals surface area contributed by atoms with Gasteiger partial charge in [-0.05, 0) is 32.3 Å². The van der Waals surface area contributed by atoms with E-state index in [-0.39, 0.29) is 34.8 Å². The summed E-state index contributed by atoms with van der Waals surface area (Å²) in [4.78, 5) is 35.8. The van der Waals surface area contributed by atoms with Crippen molar-refractivity contribution < 1.29 is 19.2 Å². The summed E-state index contributed by atoms with van der Waals surface area (Å²) in [5.41, 5.74) is -0.221. The minimum absolute atomic E-state index is 0.00300. The summed E-state index contributed by atoms with van der Waals surface area (Å²) in [7, 11) is 0. The molecule has 1 saturated heterocycles. The number of carbonyl (C=O) groups is 2. The lowest BCUT2D eigenvalue weighted by Gasteiger charge is -2.33. The summed E-state index contributed by atoms with van der Waals surface area (Å²) in [6.07, 6.45) is 2.97. The molecule has 0 spiro atoms. The molecule has 0 unspecified atom stereocenters. The van der Waals surface area contributed by atoms with Crippen molar-refractivity contribution >= 4 is 29.2 Å². The second-order valence-electron chi connectivity index (χ2n) is 5.43. The van der Waals surface area contributed by atoms with Crippen LogP contribution in [0.4, 0.5) is 5.69 Å². The first-order valence-corrected chi connectivity index (χ1v) is 7.68. The van der Waals surface area contributed by atoms with Crippen molar-refractivity contribution in [3.63, 3.8) is 0 Å². The lowest BCUT2D eigenvalue weighted by Crippen LogP contribution is -2.44. The molecule has 0 N–H and O–H groups in total. The maximum atomic E-state index is 12.1. The van der Waals surface area contributed by atoms with E-state index in [1.54, 1.807) is 4.90 Å². The van der Waals surface area contributed by atoms with Gasteiger partial charge in [-0.1, -0.05) is 11.6 Å². The van der Waals surface area contributed by atoms with Gasteiger partial charge in [0.1, 0.15) is 0 Å². The maximum Gasteiger partial charge on any atom is 0.340 e. The molecule has 8 heteroatoms. The van der Waals surface area contributed by atoms with Crippen LogP contribution in [0.3, 0.4) is 0 Å². The van der Waals surface area contributed by atoms with Gasteiger partial charge >= 0.3 is 5.97 Å². The van der Waals surface area contributed by atoms with Crippen LogP contribution in [0.5, 0.6) is 0 Å². The Bertz CT molecular complexity index is 634. The van der Waals surface area contributed by atoms with E-state index in [1.165, 1.54) is 6.07 Å². The summed E-state index contributed by atoms with van der Waals surface area (Å²) in [5, 5.41) is 10.6. The first kappa shape index (κ1) is 17.2. The summed E-state index contributed by atoms with van der Waals surface area (Å²) >= 11 is 5.85. The number of non-ortho nitro benzene ring substituents is 1. The molecule has 1 aliphatic rings. The van der Waals surface area contributed by atoms with Crippen LogP contribution < -0.4 is 0 Å². The highest BCUT2D eigenvalue weighted by Crippen LogP contribution is 2.23.